The normalized spacial score (nSPS) is 11.1. The molecular formula is C25H27Cl2N7O2. The number of nitrogens with two attached hydrogens (primary N) is 2. The van der Waals surface area contributed by atoms with Crippen LogP contribution in [0.2, 0.25) is 10.0 Å². The number of ether oxygens (including phenoxy) is 1. The zero-order chi connectivity index (χ0) is 26.2. The van der Waals surface area contributed by atoms with Crippen molar-refractivity contribution in [3.05, 3.63) is 93.4 Å². The number of rotatable bonds is 10. The van der Waals surface area contributed by atoms with E-state index in [1.54, 1.807) is 44.5 Å². The van der Waals surface area contributed by atoms with E-state index < -0.39 is 5.91 Å². The molecule has 0 spiro atoms. The average molecular weight is 528 g/mol. The van der Waals surface area contributed by atoms with E-state index in [1.807, 2.05) is 24.3 Å². The van der Waals surface area contributed by atoms with Crippen LogP contribution in [0.3, 0.4) is 0 Å². The highest BCUT2D eigenvalue weighted by Crippen LogP contribution is 2.28. The maximum absolute atomic E-state index is 12.8. The fraction of sp³-hybridized carbons (Fsp3) is 0.160. The molecule has 7 N–H and O–H groups in total. The molecule has 0 radical (unpaired) electrons. The molecule has 0 fully saturated rings. The maximum Gasteiger partial charge on any atom is 0.258 e. The number of carbonyl (C=O) groups excluding carboxylic acids is 1. The first kappa shape index (κ1) is 26.8. The average Bonchev–Trinajstić information content (AvgIpc) is 2.84. The van der Waals surface area contributed by atoms with Gasteiger partial charge in [0.1, 0.15) is 11.6 Å². The van der Waals surface area contributed by atoms with Crippen molar-refractivity contribution in [2.45, 2.75) is 13.5 Å². The number of nitrogens with zero attached hydrogens (tertiary/aromatic N) is 2. The molecule has 1 heterocycles. The van der Waals surface area contributed by atoms with Crippen LogP contribution in [-0.4, -0.2) is 35.3 Å². The lowest BCUT2D eigenvalue weighted by atomic mass is 10.1. The highest BCUT2D eigenvalue weighted by atomic mass is 35.5. The van der Waals surface area contributed by atoms with E-state index in [1.165, 1.54) is 11.2 Å². The van der Waals surface area contributed by atoms with Gasteiger partial charge < -0.3 is 31.5 Å². The van der Waals surface area contributed by atoms with Crippen molar-refractivity contribution in [1.29, 1.82) is 5.41 Å². The standard InChI is InChI=1S/C25H27Cl2N7O2/c1-15(28)22-23(27)21(25(35)33-19-7-5-17(26)6-8-19)12-32-24(22)31-11-18(29)14-34(30)13-16-3-9-20(36-2)10-4-16/h3-10,12,14,28H,11,13,29-30H2,1-2H3,(H,31,32)(H,33,35)/b18-14-,28-15?. The number of carbonyl (C=O) groups is 1. The Morgan fingerprint density at radius 3 is 2.44 bits per heavy atom. The fourth-order valence-electron chi connectivity index (χ4n) is 3.29. The molecule has 9 nitrogen and oxygen atoms in total. The van der Waals surface area contributed by atoms with Crippen LogP contribution in [-0.2, 0) is 6.54 Å². The first-order chi connectivity index (χ1) is 17.2. The van der Waals surface area contributed by atoms with Crippen molar-refractivity contribution < 1.29 is 9.53 Å². The van der Waals surface area contributed by atoms with E-state index in [-0.39, 0.29) is 22.8 Å². The van der Waals surface area contributed by atoms with Gasteiger partial charge >= 0.3 is 0 Å². The van der Waals surface area contributed by atoms with Crippen LogP contribution in [0.4, 0.5) is 11.5 Å². The number of hydrogen-bond donors (Lipinski definition) is 5. The number of anilines is 2. The van der Waals surface area contributed by atoms with Gasteiger partial charge in [-0.1, -0.05) is 35.3 Å². The predicted octanol–water partition coefficient (Wildman–Crippen LogP) is 4.62. The van der Waals surface area contributed by atoms with Crippen LogP contribution in [0, 0.1) is 5.41 Å². The summed E-state index contributed by atoms with van der Waals surface area (Å²) in [5.74, 6) is 6.70. The highest BCUT2D eigenvalue weighted by molar-refractivity contribution is 6.38. The summed E-state index contributed by atoms with van der Waals surface area (Å²) in [7, 11) is 1.61. The largest absolute Gasteiger partial charge is 0.497 e. The van der Waals surface area contributed by atoms with Crippen LogP contribution < -0.4 is 26.9 Å². The summed E-state index contributed by atoms with van der Waals surface area (Å²) in [4.78, 5) is 17.1. The fourth-order valence-corrected chi connectivity index (χ4v) is 3.78. The summed E-state index contributed by atoms with van der Waals surface area (Å²) >= 11 is 12.4. The smallest absolute Gasteiger partial charge is 0.258 e. The third-order valence-corrected chi connectivity index (χ3v) is 5.70. The minimum absolute atomic E-state index is 0.106. The number of hydrogen-bond acceptors (Lipinski definition) is 8. The van der Waals surface area contributed by atoms with Gasteiger partial charge in [-0.25, -0.2) is 10.8 Å². The Bertz CT molecular complexity index is 1260. The number of methoxy groups -OCH3 is 1. The van der Waals surface area contributed by atoms with Crippen LogP contribution in [0.1, 0.15) is 28.4 Å². The third kappa shape index (κ3) is 7.11. The molecule has 2 aromatic carbocycles. The number of hydrazine groups is 1. The Labute approximate surface area is 219 Å². The molecule has 188 valence electrons. The van der Waals surface area contributed by atoms with Crippen molar-refractivity contribution in [2.24, 2.45) is 11.6 Å². The molecule has 11 heteroatoms. The SMILES string of the molecule is COc1ccc(CN(N)/C=C(\N)CNc2ncc(C(=O)Nc3ccc(Cl)cc3)c(Cl)c2C(C)=N)cc1. The number of nitrogens with one attached hydrogen (secondary N) is 3. The molecular weight excluding hydrogens is 501 g/mol. The number of pyridine rings is 1. The van der Waals surface area contributed by atoms with Crippen molar-refractivity contribution >= 4 is 46.3 Å². The second-order valence-electron chi connectivity index (χ2n) is 7.87. The quantitative estimate of drug-likeness (QED) is 0.147. The molecule has 0 bridgehead atoms. The van der Waals surface area contributed by atoms with E-state index in [0.717, 1.165) is 11.3 Å². The van der Waals surface area contributed by atoms with E-state index >= 15 is 0 Å². The minimum atomic E-state index is -0.458. The number of amides is 1. The minimum Gasteiger partial charge on any atom is -0.497 e. The number of halogens is 2. The van der Waals surface area contributed by atoms with E-state index in [2.05, 4.69) is 15.6 Å². The maximum atomic E-state index is 12.8. The second-order valence-corrected chi connectivity index (χ2v) is 8.69. The zero-order valence-corrected chi connectivity index (χ0v) is 21.3. The molecule has 3 aromatic rings. The molecule has 0 saturated heterocycles. The summed E-state index contributed by atoms with van der Waals surface area (Å²) in [5.41, 5.74) is 8.67. The van der Waals surface area contributed by atoms with Crippen molar-refractivity contribution in [3.8, 4) is 5.75 Å². The molecule has 1 amide bonds. The molecule has 0 aliphatic rings. The van der Waals surface area contributed by atoms with Crippen LogP contribution >= 0.6 is 23.2 Å². The zero-order valence-electron chi connectivity index (χ0n) is 19.8. The van der Waals surface area contributed by atoms with Crippen LogP contribution in [0.15, 0.2) is 66.6 Å². The molecule has 0 aliphatic heterocycles. The lowest BCUT2D eigenvalue weighted by Gasteiger charge is -2.17. The molecule has 3 rings (SSSR count). The second kappa shape index (κ2) is 12.3. The van der Waals surface area contributed by atoms with Crippen molar-refractivity contribution in [1.82, 2.24) is 9.99 Å². The molecule has 0 aliphatic carbocycles. The van der Waals surface area contributed by atoms with Crippen molar-refractivity contribution in [3.63, 3.8) is 0 Å². The first-order valence-corrected chi connectivity index (χ1v) is 11.6. The Kier molecular flexibility index (Phi) is 9.13. The predicted molar refractivity (Wildman–Crippen MR) is 145 cm³/mol. The number of benzene rings is 2. The van der Waals surface area contributed by atoms with E-state index in [9.17, 15) is 4.79 Å². The van der Waals surface area contributed by atoms with Crippen LogP contribution in [0.5, 0.6) is 5.75 Å². The lowest BCUT2D eigenvalue weighted by molar-refractivity contribution is 0.102. The molecule has 36 heavy (non-hydrogen) atoms. The van der Waals surface area contributed by atoms with Gasteiger partial charge in [0, 0.05) is 34.5 Å². The molecule has 0 unspecified atom stereocenters. The Morgan fingerprint density at radius 1 is 1.17 bits per heavy atom. The monoisotopic (exact) mass is 527 g/mol. The molecule has 0 saturated carbocycles. The van der Waals surface area contributed by atoms with Gasteiger partial charge in [-0.2, -0.15) is 0 Å². The van der Waals surface area contributed by atoms with E-state index in [4.69, 9.17) is 44.9 Å². The van der Waals surface area contributed by atoms with Gasteiger partial charge in [0.15, 0.2) is 0 Å². The van der Waals surface area contributed by atoms with Gasteiger partial charge in [-0.05, 0) is 48.9 Å². The Balaban J connectivity index is 1.69. The molecule has 1 aromatic heterocycles. The van der Waals surface area contributed by atoms with Crippen LogP contribution in [0.25, 0.3) is 0 Å². The Hall–Kier alpha value is -3.79. The third-order valence-electron chi connectivity index (χ3n) is 5.05. The summed E-state index contributed by atoms with van der Waals surface area (Å²) in [6.45, 7) is 2.19. The van der Waals surface area contributed by atoms with Gasteiger partial charge in [-0.3, -0.25) is 4.79 Å². The summed E-state index contributed by atoms with van der Waals surface area (Å²) in [6, 6.07) is 14.2. The highest BCUT2D eigenvalue weighted by Gasteiger charge is 2.20. The van der Waals surface area contributed by atoms with Gasteiger partial charge in [0.25, 0.3) is 5.91 Å². The van der Waals surface area contributed by atoms with Gasteiger partial charge in [-0.15, -0.1) is 0 Å². The Morgan fingerprint density at radius 2 is 1.83 bits per heavy atom. The van der Waals surface area contributed by atoms with Gasteiger partial charge in [0.05, 0.1) is 36.3 Å². The molecule has 0 atom stereocenters. The lowest BCUT2D eigenvalue weighted by Crippen LogP contribution is -2.27. The summed E-state index contributed by atoms with van der Waals surface area (Å²) < 4.78 is 5.16. The van der Waals surface area contributed by atoms with Crippen molar-refractivity contribution in [2.75, 3.05) is 24.3 Å². The first-order valence-electron chi connectivity index (χ1n) is 10.8. The number of aromatic nitrogens is 1. The van der Waals surface area contributed by atoms with Gasteiger partial charge in [0.2, 0.25) is 0 Å². The topological polar surface area (TPSA) is 142 Å². The van der Waals surface area contributed by atoms with E-state index in [0.29, 0.717) is 34.3 Å². The summed E-state index contributed by atoms with van der Waals surface area (Å²) in [5, 5.41) is 16.1. The summed E-state index contributed by atoms with van der Waals surface area (Å²) in [6.07, 6.45) is 2.95.